The predicted molar refractivity (Wildman–Crippen MR) is 78.3 cm³/mol. The molecule has 0 aromatic heterocycles. The highest BCUT2D eigenvalue weighted by atomic mass is 16.1. The maximum Gasteiger partial charge on any atom is 0.224 e. The smallest absolute Gasteiger partial charge is 0.224 e. The molecule has 1 amide bonds. The molecule has 1 aliphatic rings. The van der Waals surface area contributed by atoms with E-state index in [0.29, 0.717) is 6.42 Å². The molecule has 0 heterocycles. The number of hydrogen-bond acceptors (Lipinski definition) is 2. The van der Waals surface area contributed by atoms with Gasteiger partial charge in [-0.3, -0.25) is 4.79 Å². The first-order chi connectivity index (χ1) is 9.15. The normalized spacial score (nSPS) is 14.4. The van der Waals surface area contributed by atoms with Gasteiger partial charge in [-0.2, -0.15) is 0 Å². The van der Waals surface area contributed by atoms with Crippen LogP contribution in [0.1, 0.15) is 36.0 Å². The average Bonchev–Trinajstić information content (AvgIpc) is 3.17. The molecule has 0 saturated heterocycles. The quantitative estimate of drug-likeness (QED) is 0.737. The van der Waals surface area contributed by atoms with Crippen LogP contribution in [0.5, 0.6) is 0 Å². The van der Waals surface area contributed by atoms with E-state index < -0.39 is 0 Å². The van der Waals surface area contributed by atoms with E-state index in [1.54, 1.807) is 0 Å². The summed E-state index contributed by atoms with van der Waals surface area (Å²) in [5.41, 5.74) is 3.62. The predicted octanol–water partition coefficient (Wildman–Crippen LogP) is 2.10. The van der Waals surface area contributed by atoms with E-state index in [9.17, 15) is 4.79 Å². The minimum atomic E-state index is 0.120. The van der Waals surface area contributed by atoms with Crippen molar-refractivity contribution in [2.75, 3.05) is 13.1 Å². The van der Waals surface area contributed by atoms with Crippen LogP contribution in [0.25, 0.3) is 0 Å². The van der Waals surface area contributed by atoms with E-state index in [-0.39, 0.29) is 5.91 Å². The summed E-state index contributed by atoms with van der Waals surface area (Å²) < 4.78 is 0. The highest BCUT2D eigenvalue weighted by molar-refractivity contribution is 5.78. The fraction of sp³-hybridized carbons (Fsp3) is 0.562. The van der Waals surface area contributed by atoms with Crippen molar-refractivity contribution < 1.29 is 4.79 Å². The van der Waals surface area contributed by atoms with E-state index in [0.717, 1.165) is 31.1 Å². The summed E-state index contributed by atoms with van der Waals surface area (Å²) in [6.45, 7) is 5.95. The topological polar surface area (TPSA) is 41.1 Å². The number of nitrogens with one attached hydrogen (secondary N) is 2. The number of amides is 1. The minimum absolute atomic E-state index is 0.120. The van der Waals surface area contributed by atoms with Crippen LogP contribution in [0.2, 0.25) is 0 Å². The third kappa shape index (κ3) is 5.03. The van der Waals surface area contributed by atoms with Gasteiger partial charge in [0.05, 0.1) is 6.42 Å². The van der Waals surface area contributed by atoms with Gasteiger partial charge in [0.15, 0.2) is 0 Å². The van der Waals surface area contributed by atoms with Gasteiger partial charge in [-0.05, 0) is 56.3 Å². The Morgan fingerprint density at radius 1 is 1.21 bits per heavy atom. The second-order valence-electron chi connectivity index (χ2n) is 5.53. The lowest BCUT2D eigenvalue weighted by molar-refractivity contribution is -0.120. The number of benzene rings is 1. The molecule has 0 bridgehead atoms. The highest BCUT2D eigenvalue weighted by Crippen LogP contribution is 2.18. The van der Waals surface area contributed by atoms with Gasteiger partial charge in [-0.15, -0.1) is 0 Å². The Kier molecular flexibility index (Phi) is 4.97. The third-order valence-electron chi connectivity index (χ3n) is 3.62. The molecule has 3 nitrogen and oxygen atoms in total. The van der Waals surface area contributed by atoms with Crippen molar-refractivity contribution in [2.24, 2.45) is 0 Å². The summed E-state index contributed by atoms with van der Waals surface area (Å²) in [6.07, 6.45) is 4.13. The fourth-order valence-electron chi connectivity index (χ4n) is 2.07. The van der Waals surface area contributed by atoms with Crippen molar-refractivity contribution in [3.05, 3.63) is 34.9 Å². The molecule has 1 aliphatic carbocycles. The van der Waals surface area contributed by atoms with Crippen LogP contribution in [0, 0.1) is 13.8 Å². The lowest BCUT2D eigenvalue weighted by atomic mass is 10.0. The van der Waals surface area contributed by atoms with E-state index in [1.165, 1.54) is 24.0 Å². The molecule has 104 valence electrons. The summed E-state index contributed by atoms with van der Waals surface area (Å²) in [7, 11) is 0. The average molecular weight is 260 g/mol. The van der Waals surface area contributed by atoms with Crippen LogP contribution in [0.15, 0.2) is 18.2 Å². The van der Waals surface area contributed by atoms with Crippen molar-refractivity contribution in [1.29, 1.82) is 0 Å². The lowest BCUT2D eigenvalue weighted by Crippen LogP contribution is -2.29. The largest absolute Gasteiger partial charge is 0.356 e. The van der Waals surface area contributed by atoms with Gasteiger partial charge in [-0.1, -0.05) is 18.2 Å². The SMILES string of the molecule is Cc1ccc(CC(=O)NCCCNC2CC2)cc1C. The second kappa shape index (κ2) is 6.71. The molecule has 0 atom stereocenters. The molecule has 1 saturated carbocycles. The van der Waals surface area contributed by atoms with Gasteiger partial charge in [-0.25, -0.2) is 0 Å². The molecule has 1 aromatic carbocycles. The fourth-order valence-corrected chi connectivity index (χ4v) is 2.07. The molecule has 1 aromatic rings. The molecular formula is C16H24N2O. The standard InChI is InChI=1S/C16H24N2O/c1-12-4-5-14(10-13(12)2)11-16(19)18-9-3-8-17-15-6-7-15/h4-5,10,15,17H,3,6-9,11H2,1-2H3,(H,18,19). The Morgan fingerprint density at radius 2 is 2.00 bits per heavy atom. The molecule has 1 fully saturated rings. The molecule has 3 heteroatoms. The summed E-state index contributed by atoms with van der Waals surface area (Å²) in [5, 5.41) is 6.42. The Bertz CT molecular complexity index is 438. The summed E-state index contributed by atoms with van der Waals surface area (Å²) in [4.78, 5) is 11.8. The maximum atomic E-state index is 11.8. The Morgan fingerprint density at radius 3 is 2.68 bits per heavy atom. The van der Waals surface area contributed by atoms with Crippen LogP contribution in [0.4, 0.5) is 0 Å². The Labute approximate surface area is 115 Å². The summed E-state index contributed by atoms with van der Waals surface area (Å²) in [5.74, 6) is 0.120. The third-order valence-corrected chi connectivity index (χ3v) is 3.62. The van der Waals surface area contributed by atoms with Gasteiger partial charge in [0.25, 0.3) is 0 Å². The van der Waals surface area contributed by atoms with Gasteiger partial charge in [0, 0.05) is 12.6 Å². The molecular weight excluding hydrogens is 236 g/mol. The highest BCUT2D eigenvalue weighted by Gasteiger charge is 2.19. The molecule has 0 spiro atoms. The van der Waals surface area contributed by atoms with Gasteiger partial charge < -0.3 is 10.6 Å². The van der Waals surface area contributed by atoms with Crippen molar-refractivity contribution in [3.63, 3.8) is 0 Å². The molecule has 19 heavy (non-hydrogen) atoms. The summed E-state index contributed by atoms with van der Waals surface area (Å²) in [6, 6.07) is 6.98. The van der Waals surface area contributed by atoms with Crippen molar-refractivity contribution >= 4 is 5.91 Å². The van der Waals surface area contributed by atoms with Crippen LogP contribution in [-0.4, -0.2) is 25.0 Å². The van der Waals surface area contributed by atoms with Crippen LogP contribution in [0.3, 0.4) is 0 Å². The van der Waals surface area contributed by atoms with Crippen molar-refractivity contribution in [2.45, 2.75) is 45.6 Å². The number of hydrogen-bond donors (Lipinski definition) is 2. The number of carbonyl (C=O) groups is 1. The zero-order valence-corrected chi connectivity index (χ0v) is 12.0. The molecule has 0 aliphatic heterocycles. The van der Waals surface area contributed by atoms with E-state index >= 15 is 0 Å². The Balaban J connectivity index is 1.63. The zero-order chi connectivity index (χ0) is 13.7. The first-order valence-corrected chi connectivity index (χ1v) is 7.21. The first kappa shape index (κ1) is 14.1. The monoisotopic (exact) mass is 260 g/mol. The number of aryl methyl sites for hydroxylation is 2. The molecule has 2 rings (SSSR count). The number of rotatable bonds is 7. The number of carbonyl (C=O) groups excluding carboxylic acids is 1. The molecule has 0 radical (unpaired) electrons. The molecule has 2 N–H and O–H groups in total. The molecule has 0 unspecified atom stereocenters. The summed E-state index contributed by atoms with van der Waals surface area (Å²) >= 11 is 0. The lowest BCUT2D eigenvalue weighted by Gasteiger charge is -2.07. The van der Waals surface area contributed by atoms with Gasteiger partial charge >= 0.3 is 0 Å². The minimum Gasteiger partial charge on any atom is -0.356 e. The van der Waals surface area contributed by atoms with E-state index in [2.05, 4.69) is 36.6 Å². The Hall–Kier alpha value is -1.35. The zero-order valence-electron chi connectivity index (χ0n) is 12.0. The van der Waals surface area contributed by atoms with Crippen molar-refractivity contribution in [1.82, 2.24) is 10.6 Å². The van der Waals surface area contributed by atoms with E-state index in [4.69, 9.17) is 0 Å². The van der Waals surface area contributed by atoms with Crippen molar-refractivity contribution in [3.8, 4) is 0 Å². The van der Waals surface area contributed by atoms with Gasteiger partial charge in [0.1, 0.15) is 0 Å². The van der Waals surface area contributed by atoms with Gasteiger partial charge in [0.2, 0.25) is 5.91 Å². The van der Waals surface area contributed by atoms with E-state index in [1.807, 2.05) is 6.07 Å². The maximum absolute atomic E-state index is 11.8. The van der Waals surface area contributed by atoms with Crippen LogP contribution < -0.4 is 10.6 Å². The van der Waals surface area contributed by atoms with Crippen LogP contribution >= 0.6 is 0 Å². The second-order valence-corrected chi connectivity index (χ2v) is 5.53. The first-order valence-electron chi connectivity index (χ1n) is 7.21. The van der Waals surface area contributed by atoms with Crippen LogP contribution in [-0.2, 0) is 11.2 Å².